The van der Waals surface area contributed by atoms with Crippen LogP contribution in [0.5, 0.6) is 5.75 Å². The number of phenols is 1. The summed E-state index contributed by atoms with van der Waals surface area (Å²) in [6, 6.07) is 8.74. The number of carbonyl (C=O) groups is 1. The summed E-state index contributed by atoms with van der Waals surface area (Å²) in [5.74, 6) is -0.105. The smallest absolute Gasteiger partial charge is 0.245 e. The van der Waals surface area contributed by atoms with Gasteiger partial charge in [-0.1, -0.05) is 15.9 Å². The number of aromatic nitrogens is 1. The van der Waals surface area contributed by atoms with Crippen molar-refractivity contribution in [3.05, 3.63) is 52.3 Å². The third-order valence-corrected chi connectivity index (χ3v) is 3.27. The summed E-state index contributed by atoms with van der Waals surface area (Å²) in [4.78, 5) is 11.7. The Morgan fingerprint density at radius 1 is 1.50 bits per heavy atom. The van der Waals surface area contributed by atoms with E-state index in [1.165, 1.54) is 6.21 Å². The van der Waals surface area contributed by atoms with Crippen molar-refractivity contribution in [1.29, 1.82) is 0 Å². The molecule has 0 fully saturated rings. The predicted molar refractivity (Wildman–Crippen MR) is 80.7 cm³/mol. The van der Waals surface area contributed by atoms with Crippen LogP contribution in [0.1, 0.15) is 11.3 Å². The highest BCUT2D eigenvalue weighted by Crippen LogP contribution is 2.19. The number of phenolic OH excluding ortho intramolecular Hbond substituents is 1. The van der Waals surface area contributed by atoms with E-state index in [4.69, 9.17) is 0 Å². The highest BCUT2D eigenvalue weighted by Gasteiger charge is 2.04. The summed E-state index contributed by atoms with van der Waals surface area (Å²) >= 11 is 3.30. The van der Waals surface area contributed by atoms with E-state index in [1.54, 1.807) is 18.2 Å². The second-order valence-corrected chi connectivity index (χ2v) is 5.20. The molecule has 20 heavy (non-hydrogen) atoms. The maximum absolute atomic E-state index is 11.7. The van der Waals surface area contributed by atoms with E-state index >= 15 is 0 Å². The fourth-order valence-corrected chi connectivity index (χ4v) is 2.07. The predicted octanol–water partition coefficient (Wildman–Crippen LogP) is 2.19. The van der Waals surface area contributed by atoms with Crippen molar-refractivity contribution in [3.63, 3.8) is 0 Å². The van der Waals surface area contributed by atoms with Crippen molar-refractivity contribution < 1.29 is 9.90 Å². The molecule has 2 rings (SSSR count). The number of hydrogen-bond donors (Lipinski definition) is 2. The minimum absolute atomic E-state index is 0.105. The minimum Gasteiger partial charge on any atom is -0.507 e. The van der Waals surface area contributed by atoms with Gasteiger partial charge in [0.1, 0.15) is 5.75 Å². The highest BCUT2D eigenvalue weighted by atomic mass is 79.9. The SMILES string of the molecule is Cn1cccc1CC(=O)N/N=C/c1cc(Br)ccc1O. The average molecular weight is 336 g/mol. The highest BCUT2D eigenvalue weighted by molar-refractivity contribution is 9.10. The molecule has 1 aromatic heterocycles. The zero-order valence-electron chi connectivity index (χ0n) is 10.9. The van der Waals surface area contributed by atoms with E-state index in [2.05, 4.69) is 26.5 Å². The molecular weight excluding hydrogens is 322 g/mol. The topological polar surface area (TPSA) is 66.6 Å². The van der Waals surface area contributed by atoms with Crippen molar-refractivity contribution in [1.82, 2.24) is 9.99 Å². The van der Waals surface area contributed by atoms with E-state index in [1.807, 2.05) is 29.9 Å². The Balaban J connectivity index is 1.94. The zero-order valence-corrected chi connectivity index (χ0v) is 12.5. The van der Waals surface area contributed by atoms with Crippen molar-refractivity contribution in [2.75, 3.05) is 0 Å². The number of nitrogens with zero attached hydrogens (tertiary/aromatic N) is 2. The molecule has 0 saturated carbocycles. The lowest BCUT2D eigenvalue weighted by Gasteiger charge is -2.02. The van der Waals surface area contributed by atoms with E-state index in [-0.39, 0.29) is 18.1 Å². The summed E-state index contributed by atoms with van der Waals surface area (Å²) in [5.41, 5.74) is 3.87. The lowest BCUT2D eigenvalue weighted by Crippen LogP contribution is -2.20. The number of carbonyl (C=O) groups excluding carboxylic acids is 1. The fourth-order valence-electron chi connectivity index (χ4n) is 1.69. The quantitative estimate of drug-likeness (QED) is 0.664. The van der Waals surface area contributed by atoms with E-state index in [0.717, 1.165) is 10.2 Å². The Morgan fingerprint density at radius 2 is 2.30 bits per heavy atom. The van der Waals surface area contributed by atoms with Crippen molar-refractivity contribution in [2.45, 2.75) is 6.42 Å². The van der Waals surface area contributed by atoms with Gasteiger partial charge in [-0.15, -0.1) is 0 Å². The average Bonchev–Trinajstić information content (AvgIpc) is 2.79. The van der Waals surface area contributed by atoms with Crippen LogP contribution in [0.25, 0.3) is 0 Å². The number of benzene rings is 1. The molecule has 2 N–H and O–H groups in total. The van der Waals surface area contributed by atoms with Gasteiger partial charge in [0.05, 0.1) is 12.6 Å². The standard InChI is InChI=1S/C14H14BrN3O2/c1-18-6-2-3-12(18)8-14(20)17-16-9-10-7-11(15)4-5-13(10)19/h2-7,9,19H,8H2,1H3,(H,17,20)/b16-9+. The fraction of sp³-hybridized carbons (Fsp3) is 0.143. The normalized spacial score (nSPS) is 10.9. The van der Waals surface area contributed by atoms with Gasteiger partial charge >= 0.3 is 0 Å². The molecule has 1 aromatic carbocycles. The molecule has 0 spiro atoms. The number of hydrogen-bond acceptors (Lipinski definition) is 3. The van der Waals surface area contributed by atoms with Gasteiger partial charge in [-0.2, -0.15) is 5.10 Å². The molecule has 2 aromatic rings. The Bertz CT molecular complexity index is 650. The summed E-state index contributed by atoms with van der Waals surface area (Å²) < 4.78 is 2.70. The van der Waals surface area contributed by atoms with Crippen LogP contribution in [0, 0.1) is 0 Å². The Labute approximate surface area is 125 Å². The van der Waals surface area contributed by atoms with Gasteiger partial charge in [0.2, 0.25) is 5.91 Å². The first-order valence-corrected chi connectivity index (χ1v) is 6.76. The Hall–Kier alpha value is -2.08. The van der Waals surface area contributed by atoms with E-state index in [9.17, 15) is 9.90 Å². The number of hydrazone groups is 1. The molecule has 104 valence electrons. The number of nitrogens with one attached hydrogen (secondary N) is 1. The molecule has 5 nitrogen and oxygen atoms in total. The van der Waals surface area contributed by atoms with Gasteiger partial charge in [-0.25, -0.2) is 5.43 Å². The van der Waals surface area contributed by atoms with Crippen LogP contribution in [0.2, 0.25) is 0 Å². The lowest BCUT2D eigenvalue weighted by atomic mass is 10.2. The lowest BCUT2D eigenvalue weighted by molar-refractivity contribution is -0.120. The van der Waals surface area contributed by atoms with E-state index < -0.39 is 0 Å². The first kappa shape index (κ1) is 14.3. The van der Waals surface area contributed by atoms with Gasteiger partial charge in [-0.3, -0.25) is 4.79 Å². The summed E-state index contributed by atoms with van der Waals surface area (Å²) in [6.45, 7) is 0. The van der Waals surface area contributed by atoms with Crippen molar-refractivity contribution >= 4 is 28.1 Å². The van der Waals surface area contributed by atoms with Gasteiger partial charge in [0.25, 0.3) is 0 Å². The van der Waals surface area contributed by atoms with E-state index in [0.29, 0.717) is 5.56 Å². The van der Waals surface area contributed by atoms with Crippen LogP contribution in [0.3, 0.4) is 0 Å². The van der Waals surface area contributed by atoms with Crippen LogP contribution in [0.15, 0.2) is 46.1 Å². The number of rotatable bonds is 4. The summed E-state index contributed by atoms with van der Waals surface area (Å²) in [5, 5.41) is 13.5. The monoisotopic (exact) mass is 335 g/mol. The molecule has 0 aliphatic carbocycles. The first-order chi connectivity index (χ1) is 9.56. The zero-order chi connectivity index (χ0) is 14.5. The number of amides is 1. The molecule has 0 unspecified atom stereocenters. The largest absolute Gasteiger partial charge is 0.507 e. The maximum Gasteiger partial charge on any atom is 0.245 e. The Kier molecular flexibility index (Phi) is 4.57. The number of aryl methyl sites for hydroxylation is 1. The molecule has 6 heteroatoms. The molecular formula is C14H14BrN3O2. The third kappa shape index (κ3) is 3.71. The van der Waals surface area contributed by atoms with Gasteiger partial charge in [0, 0.05) is 29.0 Å². The molecule has 0 radical (unpaired) electrons. The van der Waals surface area contributed by atoms with Crippen LogP contribution < -0.4 is 5.43 Å². The van der Waals surface area contributed by atoms with Crippen LogP contribution >= 0.6 is 15.9 Å². The van der Waals surface area contributed by atoms with Gasteiger partial charge in [0.15, 0.2) is 0 Å². The molecule has 1 amide bonds. The number of aromatic hydroxyl groups is 1. The van der Waals surface area contributed by atoms with Crippen LogP contribution in [-0.2, 0) is 18.3 Å². The van der Waals surface area contributed by atoms with Gasteiger partial charge < -0.3 is 9.67 Å². The maximum atomic E-state index is 11.7. The second-order valence-electron chi connectivity index (χ2n) is 4.28. The van der Waals surface area contributed by atoms with Gasteiger partial charge in [-0.05, 0) is 30.3 Å². The van der Waals surface area contributed by atoms with Crippen LogP contribution in [-0.4, -0.2) is 21.8 Å². The minimum atomic E-state index is -0.211. The molecule has 0 bridgehead atoms. The summed E-state index contributed by atoms with van der Waals surface area (Å²) in [7, 11) is 1.88. The second kappa shape index (κ2) is 6.38. The molecule has 0 aliphatic heterocycles. The molecule has 1 heterocycles. The number of halogens is 1. The summed E-state index contributed by atoms with van der Waals surface area (Å²) in [6.07, 6.45) is 3.54. The molecule has 0 aliphatic rings. The Morgan fingerprint density at radius 3 is 3.00 bits per heavy atom. The van der Waals surface area contributed by atoms with Crippen LogP contribution in [0.4, 0.5) is 0 Å². The van der Waals surface area contributed by atoms with Crippen molar-refractivity contribution in [2.24, 2.45) is 12.1 Å². The first-order valence-electron chi connectivity index (χ1n) is 5.97. The molecule has 0 saturated heterocycles. The van der Waals surface area contributed by atoms with Crippen molar-refractivity contribution in [3.8, 4) is 5.75 Å². The third-order valence-electron chi connectivity index (χ3n) is 2.78. The molecule has 0 atom stereocenters.